The molecule has 2 aromatic rings. The summed E-state index contributed by atoms with van der Waals surface area (Å²) < 4.78 is 28.2. The summed E-state index contributed by atoms with van der Waals surface area (Å²) in [5.41, 5.74) is 0.309. The molecule has 0 spiro atoms. The van der Waals surface area contributed by atoms with Gasteiger partial charge < -0.3 is 10.2 Å². The Balaban J connectivity index is 2.32. The van der Waals surface area contributed by atoms with Crippen molar-refractivity contribution in [3.63, 3.8) is 0 Å². The number of nitrogens with one attached hydrogen (secondary N) is 1. The van der Waals surface area contributed by atoms with Crippen LogP contribution in [0.3, 0.4) is 0 Å². The highest BCUT2D eigenvalue weighted by Gasteiger charge is 2.28. The molecule has 150 valence electrons. The first-order valence-electron chi connectivity index (χ1n) is 8.96. The maximum atomic E-state index is 14.1. The quantitative estimate of drug-likeness (QED) is 0.749. The predicted molar refractivity (Wildman–Crippen MR) is 105 cm³/mol. The molecular weight excluding hydrogens is 386 g/mol. The van der Waals surface area contributed by atoms with E-state index in [1.54, 1.807) is 39.0 Å². The van der Waals surface area contributed by atoms with E-state index in [-0.39, 0.29) is 41.1 Å². The minimum atomic E-state index is -0.875. The number of rotatable bonds is 7. The number of benzene rings is 2. The SMILES string of the molecule is CC(C)NC(=O)[C@H](C)N(Cc1ccccc1F)C(=O)Cc1c(F)cccc1Cl. The largest absolute Gasteiger partial charge is 0.352 e. The zero-order valence-electron chi connectivity index (χ0n) is 16.0. The highest BCUT2D eigenvalue weighted by Crippen LogP contribution is 2.22. The minimum Gasteiger partial charge on any atom is -0.352 e. The Hall–Kier alpha value is -2.47. The number of amides is 2. The molecule has 0 heterocycles. The minimum absolute atomic E-state index is 0.0455. The van der Waals surface area contributed by atoms with E-state index in [0.29, 0.717) is 0 Å². The molecule has 0 saturated heterocycles. The number of nitrogens with zero attached hydrogens (tertiary/aromatic N) is 1. The van der Waals surface area contributed by atoms with Crippen molar-refractivity contribution in [1.82, 2.24) is 10.2 Å². The van der Waals surface area contributed by atoms with E-state index in [2.05, 4.69) is 5.32 Å². The first kappa shape index (κ1) is 21.8. The van der Waals surface area contributed by atoms with Crippen molar-refractivity contribution in [3.8, 4) is 0 Å². The molecule has 0 saturated carbocycles. The molecule has 2 aromatic carbocycles. The average Bonchev–Trinajstić information content (AvgIpc) is 2.63. The normalized spacial score (nSPS) is 12.0. The highest BCUT2D eigenvalue weighted by molar-refractivity contribution is 6.31. The van der Waals surface area contributed by atoms with Gasteiger partial charge in [0.2, 0.25) is 11.8 Å². The topological polar surface area (TPSA) is 49.4 Å². The van der Waals surface area contributed by atoms with Crippen LogP contribution in [0.5, 0.6) is 0 Å². The second kappa shape index (κ2) is 9.64. The third-order valence-corrected chi connectivity index (χ3v) is 4.64. The monoisotopic (exact) mass is 408 g/mol. The van der Waals surface area contributed by atoms with Crippen molar-refractivity contribution < 1.29 is 18.4 Å². The second-order valence-electron chi connectivity index (χ2n) is 6.83. The molecule has 2 rings (SSSR count). The summed E-state index contributed by atoms with van der Waals surface area (Å²) in [6, 6.07) is 9.16. The lowest BCUT2D eigenvalue weighted by Gasteiger charge is -2.29. The number of halogens is 3. The van der Waals surface area contributed by atoms with E-state index < -0.39 is 23.6 Å². The molecule has 4 nitrogen and oxygen atoms in total. The number of carbonyl (C=O) groups is 2. The Labute approximate surface area is 168 Å². The van der Waals surface area contributed by atoms with Crippen LogP contribution in [-0.2, 0) is 22.6 Å². The van der Waals surface area contributed by atoms with Crippen molar-refractivity contribution in [2.45, 2.75) is 45.8 Å². The molecule has 0 aliphatic heterocycles. The van der Waals surface area contributed by atoms with Crippen LogP contribution in [0.25, 0.3) is 0 Å². The van der Waals surface area contributed by atoms with Crippen molar-refractivity contribution in [2.24, 2.45) is 0 Å². The average molecular weight is 409 g/mol. The predicted octanol–water partition coefficient (Wildman–Crippen LogP) is 4.10. The fourth-order valence-electron chi connectivity index (χ4n) is 2.75. The molecule has 0 radical (unpaired) electrons. The van der Waals surface area contributed by atoms with E-state index >= 15 is 0 Å². The van der Waals surface area contributed by atoms with Gasteiger partial charge in [0.05, 0.1) is 6.42 Å². The maximum Gasteiger partial charge on any atom is 0.242 e. The van der Waals surface area contributed by atoms with Crippen molar-refractivity contribution >= 4 is 23.4 Å². The summed E-state index contributed by atoms with van der Waals surface area (Å²) in [4.78, 5) is 26.7. The van der Waals surface area contributed by atoms with Gasteiger partial charge in [-0.2, -0.15) is 0 Å². The van der Waals surface area contributed by atoms with Gasteiger partial charge in [-0.15, -0.1) is 0 Å². The van der Waals surface area contributed by atoms with Crippen molar-refractivity contribution in [1.29, 1.82) is 0 Å². The zero-order valence-corrected chi connectivity index (χ0v) is 16.8. The second-order valence-corrected chi connectivity index (χ2v) is 7.24. The van der Waals surface area contributed by atoms with Gasteiger partial charge in [0.15, 0.2) is 0 Å². The van der Waals surface area contributed by atoms with E-state index in [0.717, 1.165) is 0 Å². The summed E-state index contributed by atoms with van der Waals surface area (Å²) in [5.74, 6) is -1.99. The molecule has 28 heavy (non-hydrogen) atoms. The lowest BCUT2D eigenvalue weighted by molar-refractivity contribution is -0.140. The Bertz CT molecular complexity index is 838. The highest BCUT2D eigenvalue weighted by atomic mass is 35.5. The molecule has 0 unspecified atom stereocenters. The van der Waals surface area contributed by atoms with Gasteiger partial charge in [-0.1, -0.05) is 35.9 Å². The van der Waals surface area contributed by atoms with Crippen LogP contribution in [0.15, 0.2) is 42.5 Å². The van der Waals surface area contributed by atoms with Crippen LogP contribution in [0.4, 0.5) is 8.78 Å². The van der Waals surface area contributed by atoms with E-state index in [1.807, 2.05) is 0 Å². The molecule has 2 amide bonds. The van der Waals surface area contributed by atoms with Crippen LogP contribution in [0.1, 0.15) is 31.9 Å². The van der Waals surface area contributed by atoms with Crippen molar-refractivity contribution in [3.05, 3.63) is 70.2 Å². The van der Waals surface area contributed by atoms with Crippen LogP contribution < -0.4 is 5.32 Å². The van der Waals surface area contributed by atoms with Crippen molar-refractivity contribution in [2.75, 3.05) is 0 Å². The Morgan fingerprint density at radius 1 is 1.04 bits per heavy atom. The standard InChI is InChI=1S/C21H23ClF2N2O2/c1-13(2)25-21(28)14(3)26(12-15-7-4-5-9-18(15)23)20(27)11-16-17(22)8-6-10-19(16)24/h4-10,13-14H,11-12H2,1-3H3,(H,25,28)/t14-/m0/s1. The first-order chi connectivity index (χ1) is 13.2. The summed E-state index contributed by atoms with van der Waals surface area (Å²) >= 11 is 6.02. The van der Waals surface area contributed by atoms with Crippen LogP contribution in [-0.4, -0.2) is 28.8 Å². The Morgan fingerprint density at radius 3 is 2.29 bits per heavy atom. The fourth-order valence-corrected chi connectivity index (χ4v) is 2.98. The smallest absolute Gasteiger partial charge is 0.242 e. The number of carbonyl (C=O) groups excluding carboxylic acids is 2. The lowest BCUT2D eigenvalue weighted by Crippen LogP contribution is -2.49. The summed E-state index contributed by atoms with van der Waals surface area (Å²) in [6.45, 7) is 5.03. The third kappa shape index (κ3) is 5.52. The van der Waals surface area contributed by atoms with Gasteiger partial charge in [-0.3, -0.25) is 9.59 Å². The van der Waals surface area contributed by atoms with Crippen LogP contribution in [0, 0.1) is 11.6 Å². The lowest BCUT2D eigenvalue weighted by atomic mass is 10.1. The summed E-state index contributed by atoms with van der Waals surface area (Å²) in [5, 5.41) is 2.86. The first-order valence-corrected chi connectivity index (χ1v) is 9.34. The summed E-state index contributed by atoms with van der Waals surface area (Å²) in [7, 11) is 0. The molecular formula is C21H23ClF2N2O2. The maximum absolute atomic E-state index is 14.1. The van der Waals surface area contributed by atoms with Gasteiger partial charge in [0.1, 0.15) is 17.7 Å². The molecule has 0 aliphatic carbocycles. The Kier molecular flexibility index (Phi) is 7.52. The third-order valence-electron chi connectivity index (χ3n) is 4.29. The van der Waals surface area contributed by atoms with Gasteiger partial charge in [0, 0.05) is 28.7 Å². The van der Waals surface area contributed by atoms with E-state index in [9.17, 15) is 18.4 Å². The Morgan fingerprint density at radius 2 is 1.68 bits per heavy atom. The molecule has 7 heteroatoms. The molecule has 0 aliphatic rings. The van der Waals surface area contributed by atoms with E-state index in [1.165, 1.54) is 29.2 Å². The number of hydrogen-bond donors (Lipinski definition) is 1. The molecule has 1 N–H and O–H groups in total. The van der Waals surface area contributed by atoms with Gasteiger partial charge in [-0.05, 0) is 39.0 Å². The molecule has 0 fully saturated rings. The van der Waals surface area contributed by atoms with E-state index in [4.69, 9.17) is 11.6 Å². The van der Waals surface area contributed by atoms with Gasteiger partial charge >= 0.3 is 0 Å². The molecule has 1 atom stereocenters. The number of hydrogen-bond acceptors (Lipinski definition) is 2. The fraction of sp³-hybridized carbons (Fsp3) is 0.333. The summed E-state index contributed by atoms with van der Waals surface area (Å²) in [6.07, 6.45) is -0.334. The molecule has 0 aromatic heterocycles. The molecule has 0 bridgehead atoms. The van der Waals surface area contributed by atoms with Gasteiger partial charge in [0.25, 0.3) is 0 Å². The van der Waals surface area contributed by atoms with Crippen LogP contribution >= 0.6 is 11.6 Å². The zero-order chi connectivity index (χ0) is 20.8. The van der Waals surface area contributed by atoms with Crippen LogP contribution in [0.2, 0.25) is 5.02 Å². The van der Waals surface area contributed by atoms with Gasteiger partial charge in [-0.25, -0.2) is 8.78 Å².